The largest absolute Gasteiger partial charge is 0.472 e. The molecule has 1 aromatic heterocycles. The predicted molar refractivity (Wildman–Crippen MR) is 65.7 cm³/mol. The maximum absolute atomic E-state index is 13.4. The molecule has 1 amide bonds. The van der Waals surface area contributed by atoms with Crippen LogP contribution in [0.5, 0.6) is 0 Å². The summed E-state index contributed by atoms with van der Waals surface area (Å²) in [5.41, 5.74) is 1.06. The van der Waals surface area contributed by atoms with E-state index in [1.54, 1.807) is 24.7 Å². The van der Waals surface area contributed by atoms with E-state index in [-0.39, 0.29) is 11.6 Å². The third kappa shape index (κ3) is 2.97. The molecule has 18 heavy (non-hydrogen) atoms. The van der Waals surface area contributed by atoms with Gasteiger partial charge in [0.05, 0.1) is 18.1 Å². The maximum Gasteiger partial charge on any atom is 0.254 e. The number of benzene rings is 1. The van der Waals surface area contributed by atoms with E-state index >= 15 is 0 Å². The number of nitrogens with one attached hydrogen (secondary N) is 1. The topological polar surface area (TPSA) is 42.2 Å². The van der Waals surface area contributed by atoms with Gasteiger partial charge in [0.2, 0.25) is 0 Å². The highest BCUT2D eigenvalue weighted by molar-refractivity contribution is 5.94. The lowest BCUT2D eigenvalue weighted by Crippen LogP contribution is -2.34. The van der Waals surface area contributed by atoms with Crippen molar-refractivity contribution in [3.05, 3.63) is 59.8 Å². The number of hydrogen-bond acceptors (Lipinski definition) is 2. The van der Waals surface area contributed by atoms with Gasteiger partial charge in [-0.05, 0) is 37.1 Å². The van der Waals surface area contributed by atoms with E-state index in [0.29, 0.717) is 6.42 Å². The van der Waals surface area contributed by atoms with Gasteiger partial charge in [0, 0.05) is 6.04 Å². The van der Waals surface area contributed by atoms with Crippen LogP contribution in [0, 0.1) is 5.82 Å². The van der Waals surface area contributed by atoms with Gasteiger partial charge in [-0.3, -0.25) is 4.79 Å². The second-order valence-corrected chi connectivity index (χ2v) is 4.19. The quantitative estimate of drug-likeness (QED) is 0.902. The Balaban J connectivity index is 1.97. The fourth-order valence-electron chi connectivity index (χ4n) is 1.76. The first-order valence-corrected chi connectivity index (χ1v) is 5.73. The monoisotopic (exact) mass is 247 g/mol. The summed E-state index contributed by atoms with van der Waals surface area (Å²) in [7, 11) is 0. The molecule has 4 heteroatoms. The lowest BCUT2D eigenvalue weighted by atomic mass is 10.1. The van der Waals surface area contributed by atoms with Crippen molar-refractivity contribution in [1.29, 1.82) is 0 Å². The fourth-order valence-corrected chi connectivity index (χ4v) is 1.76. The minimum atomic E-state index is -0.509. The van der Waals surface area contributed by atoms with Crippen molar-refractivity contribution in [2.24, 2.45) is 0 Å². The molecule has 3 nitrogen and oxygen atoms in total. The van der Waals surface area contributed by atoms with Crippen LogP contribution in [-0.4, -0.2) is 11.9 Å². The van der Waals surface area contributed by atoms with Crippen LogP contribution >= 0.6 is 0 Å². The first-order valence-electron chi connectivity index (χ1n) is 5.73. The summed E-state index contributed by atoms with van der Waals surface area (Å²) in [5, 5.41) is 2.75. The number of furan rings is 1. The molecule has 1 aromatic carbocycles. The normalized spacial score (nSPS) is 12.1. The highest BCUT2D eigenvalue weighted by Gasteiger charge is 2.13. The van der Waals surface area contributed by atoms with Crippen LogP contribution in [0.2, 0.25) is 0 Å². The molecular formula is C14H14FNO2. The Kier molecular flexibility index (Phi) is 3.77. The average molecular weight is 247 g/mol. The van der Waals surface area contributed by atoms with Gasteiger partial charge in [-0.1, -0.05) is 12.1 Å². The first-order chi connectivity index (χ1) is 8.66. The highest BCUT2D eigenvalue weighted by atomic mass is 19.1. The van der Waals surface area contributed by atoms with E-state index in [0.717, 1.165) is 5.56 Å². The van der Waals surface area contributed by atoms with Crippen LogP contribution in [0.3, 0.4) is 0 Å². The predicted octanol–water partition coefficient (Wildman–Crippen LogP) is 2.78. The molecule has 1 heterocycles. The van der Waals surface area contributed by atoms with Crippen molar-refractivity contribution >= 4 is 5.91 Å². The molecule has 0 bridgehead atoms. The molecule has 0 fully saturated rings. The molecule has 0 spiro atoms. The number of rotatable bonds is 4. The molecule has 0 aliphatic heterocycles. The van der Waals surface area contributed by atoms with Gasteiger partial charge in [0.15, 0.2) is 0 Å². The Hall–Kier alpha value is -2.10. The Morgan fingerprint density at radius 2 is 2.17 bits per heavy atom. The summed E-state index contributed by atoms with van der Waals surface area (Å²) in [5.74, 6) is -0.908. The fraction of sp³-hybridized carbons (Fsp3) is 0.214. The van der Waals surface area contributed by atoms with Crippen LogP contribution < -0.4 is 5.32 Å². The molecule has 0 saturated carbocycles. The van der Waals surface area contributed by atoms with Gasteiger partial charge < -0.3 is 9.73 Å². The van der Waals surface area contributed by atoms with Crippen molar-refractivity contribution in [3.8, 4) is 0 Å². The average Bonchev–Trinajstić information content (AvgIpc) is 2.82. The zero-order valence-electron chi connectivity index (χ0n) is 10.0. The van der Waals surface area contributed by atoms with Gasteiger partial charge in [0.1, 0.15) is 5.82 Å². The molecule has 0 aliphatic rings. The van der Waals surface area contributed by atoms with E-state index in [1.165, 1.54) is 12.1 Å². The molecule has 1 atom stereocenters. The van der Waals surface area contributed by atoms with E-state index < -0.39 is 11.7 Å². The maximum atomic E-state index is 13.4. The van der Waals surface area contributed by atoms with Crippen molar-refractivity contribution in [3.63, 3.8) is 0 Å². The minimum Gasteiger partial charge on any atom is -0.472 e. The standard InChI is InChI=1S/C14H14FNO2/c1-10(8-11-6-7-18-9-11)16-14(17)12-4-2-3-5-13(12)15/h2-7,9-10H,8H2,1H3,(H,16,17)/t10-/m1/s1. The Morgan fingerprint density at radius 3 is 2.83 bits per heavy atom. The zero-order valence-corrected chi connectivity index (χ0v) is 10.0. The van der Waals surface area contributed by atoms with Crippen LogP contribution in [0.4, 0.5) is 4.39 Å². The molecule has 2 rings (SSSR count). The SMILES string of the molecule is C[C@H](Cc1ccoc1)NC(=O)c1ccccc1F. The molecular weight excluding hydrogens is 233 g/mol. The van der Waals surface area contributed by atoms with E-state index in [1.807, 2.05) is 13.0 Å². The van der Waals surface area contributed by atoms with Gasteiger partial charge in [-0.2, -0.15) is 0 Å². The Labute approximate surface area is 105 Å². The number of carbonyl (C=O) groups excluding carboxylic acids is 1. The summed E-state index contributed by atoms with van der Waals surface area (Å²) in [6, 6.07) is 7.69. The number of halogens is 1. The first kappa shape index (κ1) is 12.4. The third-order valence-corrected chi connectivity index (χ3v) is 2.62. The second kappa shape index (κ2) is 5.49. The smallest absolute Gasteiger partial charge is 0.254 e. The van der Waals surface area contributed by atoms with E-state index in [2.05, 4.69) is 5.32 Å². The molecule has 2 aromatic rings. The second-order valence-electron chi connectivity index (χ2n) is 4.19. The van der Waals surface area contributed by atoms with Crippen molar-refractivity contribution < 1.29 is 13.6 Å². The summed E-state index contributed by atoms with van der Waals surface area (Å²) in [6.45, 7) is 1.87. The lowest BCUT2D eigenvalue weighted by molar-refractivity contribution is 0.0936. The van der Waals surface area contributed by atoms with Crippen molar-refractivity contribution in [2.75, 3.05) is 0 Å². The number of hydrogen-bond donors (Lipinski definition) is 1. The Bertz CT molecular complexity index is 522. The van der Waals surface area contributed by atoms with Gasteiger partial charge >= 0.3 is 0 Å². The molecule has 0 aliphatic carbocycles. The third-order valence-electron chi connectivity index (χ3n) is 2.62. The van der Waals surface area contributed by atoms with Gasteiger partial charge in [0.25, 0.3) is 5.91 Å². The van der Waals surface area contributed by atoms with Gasteiger partial charge in [-0.25, -0.2) is 4.39 Å². The summed E-state index contributed by atoms with van der Waals surface area (Å²) < 4.78 is 18.3. The highest BCUT2D eigenvalue weighted by Crippen LogP contribution is 2.08. The Morgan fingerprint density at radius 1 is 1.39 bits per heavy atom. The molecule has 0 unspecified atom stereocenters. The summed E-state index contributed by atoms with van der Waals surface area (Å²) in [4.78, 5) is 11.8. The summed E-state index contributed by atoms with van der Waals surface area (Å²) in [6.07, 6.45) is 3.86. The zero-order chi connectivity index (χ0) is 13.0. The molecule has 0 saturated heterocycles. The van der Waals surface area contributed by atoms with Crippen LogP contribution in [-0.2, 0) is 6.42 Å². The van der Waals surface area contributed by atoms with Crippen LogP contribution in [0.25, 0.3) is 0 Å². The molecule has 1 N–H and O–H groups in total. The van der Waals surface area contributed by atoms with Crippen LogP contribution in [0.15, 0.2) is 47.3 Å². The summed E-state index contributed by atoms with van der Waals surface area (Å²) >= 11 is 0. The molecule has 0 radical (unpaired) electrons. The van der Waals surface area contributed by atoms with Crippen molar-refractivity contribution in [1.82, 2.24) is 5.32 Å². The van der Waals surface area contributed by atoms with Crippen molar-refractivity contribution in [2.45, 2.75) is 19.4 Å². The lowest BCUT2D eigenvalue weighted by Gasteiger charge is -2.13. The molecule has 94 valence electrons. The van der Waals surface area contributed by atoms with E-state index in [9.17, 15) is 9.18 Å². The van der Waals surface area contributed by atoms with E-state index in [4.69, 9.17) is 4.42 Å². The van der Waals surface area contributed by atoms with Crippen LogP contribution in [0.1, 0.15) is 22.8 Å². The minimum absolute atomic E-state index is 0.0662. The van der Waals surface area contributed by atoms with Gasteiger partial charge in [-0.15, -0.1) is 0 Å². The number of carbonyl (C=O) groups is 1. The number of amides is 1.